The average molecular weight is 221 g/mol. The number of nitrogens with zero attached hydrogens (tertiary/aromatic N) is 1. The Bertz CT molecular complexity index is 456. The predicted octanol–water partition coefficient (Wildman–Crippen LogP) is 2.17. The number of nitrogens with one attached hydrogen (secondary N) is 2. The molecule has 0 spiro atoms. The SMILES string of the molecule is COc1ccc(F)c(NCc2ncc[nH]2)c1. The fraction of sp³-hybridized carbons (Fsp3) is 0.182. The first-order chi connectivity index (χ1) is 7.79. The maximum atomic E-state index is 13.4. The van der Waals surface area contributed by atoms with Gasteiger partial charge in [0.15, 0.2) is 0 Å². The number of rotatable bonds is 4. The number of benzene rings is 1. The molecule has 0 saturated heterocycles. The van der Waals surface area contributed by atoms with E-state index in [2.05, 4.69) is 15.3 Å². The predicted molar refractivity (Wildman–Crippen MR) is 58.9 cm³/mol. The number of imidazole rings is 1. The molecule has 2 aromatic rings. The summed E-state index contributed by atoms with van der Waals surface area (Å²) in [5.41, 5.74) is 0.399. The number of ether oxygens (including phenoxy) is 1. The van der Waals surface area contributed by atoms with Crippen LogP contribution in [0.4, 0.5) is 10.1 Å². The van der Waals surface area contributed by atoms with Crippen LogP contribution in [0.5, 0.6) is 5.75 Å². The molecule has 0 amide bonds. The van der Waals surface area contributed by atoms with Gasteiger partial charge < -0.3 is 15.0 Å². The van der Waals surface area contributed by atoms with Gasteiger partial charge in [0.2, 0.25) is 0 Å². The van der Waals surface area contributed by atoms with Gasteiger partial charge in [-0.1, -0.05) is 0 Å². The van der Waals surface area contributed by atoms with Crippen LogP contribution in [0.2, 0.25) is 0 Å². The molecule has 1 heterocycles. The van der Waals surface area contributed by atoms with Gasteiger partial charge >= 0.3 is 0 Å². The zero-order chi connectivity index (χ0) is 11.4. The van der Waals surface area contributed by atoms with Gasteiger partial charge in [-0.2, -0.15) is 0 Å². The van der Waals surface area contributed by atoms with E-state index >= 15 is 0 Å². The first-order valence-electron chi connectivity index (χ1n) is 4.85. The third-order valence-electron chi connectivity index (χ3n) is 2.17. The molecule has 0 aliphatic rings. The van der Waals surface area contributed by atoms with Gasteiger partial charge in [-0.3, -0.25) is 0 Å². The Morgan fingerprint density at radius 2 is 2.38 bits per heavy atom. The first kappa shape index (κ1) is 10.5. The average Bonchev–Trinajstić information content (AvgIpc) is 2.81. The molecule has 84 valence electrons. The van der Waals surface area contributed by atoms with E-state index in [1.807, 2.05) is 0 Å². The summed E-state index contributed by atoms with van der Waals surface area (Å²) in [5.74, 6) is 1.05. The summed E-state index contributed by atoms with van der Waals surface area (Å²) >= 11 is 0. The minimum atomic E-state index is -0.313. The van der Waals surface area contributed by atoms with Crippen LogP contribution >= 0.6 is 0 Å². The maximum absolute atomic E-state index is 13.4. The second kappa shape index (κ2) is 4.65. The fourth-order valence-corrected chi connectivity index (χ4v) is 1.34. The highest BCUT2D eigenvalue weighted by molar-refractivity contribution is 5.49. The van der Waals surface area contributed by atoms with Crippen LogP contribution in [0, 0.1) is 5.82 Å². The summed E-state index contributed by atoms with van der Waals surface area (Å²) < 4.78 is 18.4. The van der Waals surface area contributed by atoms with Gasteiger partial charge in [0.25, 0.3) is 0 Å². The highest BCUT2D eigenvalue weighted by Crippen LogP contribution is 2.21. The molecule has 16 heavy (non-hydrogen) atoms. The molecule has 0 fully saturated rings. The molecule has 0 atom stereocenters. The molecule has 0 radical (unpaired) electrons. The molecule has 1 aromatic carbocycles. The van der Waals surface area contributed by atoms with Gasteiger partial charge in [-0.05, 0) is 12.1 Å². The lowest BCUT2D eigenvalue weighted by atomic mass is 10.3. The molecule has 2 rings (SSSR count). The topological polar surface area (TPSA) is 49.9 Å². The number of H-pyrrole nitrogens is 1. The van der Waals surface area contributed by atoms with E-state index in [4.69, 9.17) is 4.74 Å². The van der Waals surface area contributed by atoms with Gasteiger partial charge in [0.1, 0.15) is 17.4 Å². The lowest BCUT2D eigenvalue weighted by Crippen LogP contribution is -2.03. The molecule has 0 saturated carbocycles. The lowest BCUT2D eigenvalue weighted by Gasteiger charge is -2.07. The van der Waals surface area contributed by atoms with E-state index in [1.54, 1.807) is 31.6 Å². The fourth-order valence-electron chi connectivity index (χ4n) is 1.34. The van der Waals surface area contributed by atoms with Crippen molar-refractivity contribution in [2.24, 2.45) is 0 Å². The number of hydrogen-bond donors (Lipinski definition) is 2. The Labute approximate surface area is 92.5 Å². The quantitative estimate of drug-likeness (QED) is 0.831. The van der Waals surface area contributed by atoms with Gasteiger partial charge in [0.05, 0.1) is 19.3 Å². The second-order valence-corrected chi connectivity index (χ2v) is 3.24. The minimum absolute atomic E-state index is 0.313. The van der Waals surface area contributed by atoms with Crippen molar-refractivity contribution < 1.29 is 9.13 Å². The molecule has 4 nitrogen and oxygen atoms in total. The van der Waals surface area contributed by atoms with E-state index in [0.717, 1.165) is 5.82 Å². The van der Waals surface area contributed by atoms with Crippen molar-refractivity contribution in [3.05, 3.63) is 42.2 Å². The van der Waals surface area contributed by atoms with Crippen molar-refractivity contribution in [2.75, 3.05) is 12.4 Å². The zero-order valence-electron chi connectivity index (χ0n) is 8.83. The van der Waals surface area contributed by atoms with Crippen LogP contribution in [0.15, 0.2) is 30.6 Å². The van der Waals surface area contributed by atoms with E-state index in [-0.39, 0.29) is 5.82 Å². The Hall–Kier alpha value is -2.04. The summed E-state index contributed by atoms with van der Waals surface area (Å²) in [6.07, 6.45) is 3.37. The number of aromatic nitrogens is 2. The normalized spacial score (nSPS) is 10.1. The molecular formula is C11H12FN3O. The van der Waals surface area contributed by atoms with Crippen molar-refractivity contribution in [1.29, 1.82) is 0 Å². The number of anilines is 1. The Morgan fingerprint density at radius 1 is 1.50 bits per heavy atom. The largest absolute Gasteiger partial charge is 0.497 e. The monoisotopic (exact) mass is 221 g/mol. The smallest absolute Gasteiger partial charge is 0.146 e. The van der Waals surface area contributed by atoms with Crippen LogP contribution in [-0.4, -0.2) is 17.1 Å². The number of halogens is 1. The number of methoxy groups -OCH3 is 1. The molecule has 0 aliphatic carbocycles. The van der Waals surface area contributed by atoms with Crippen molar-refractivity contribution in [2.45, 2.75) is 6.54 Å². The van der Waals surface area contributed by atoms with Crippen LogP contribution in [0.1, 0.15) is 5.82 Å². The van der Waals surface area contributed by atoms with Gasteiger partial charge in [-0.15, -0.1) is 0 Å². The standard InChI is InChI=1S/C11H12FN3O/c1-16-8-2-3-9(12)10(6-8)15-7-11-13-4-5-14-11/h2-6,15H,7H2,1H3,(H,13,14). The highest BCUT2D eigenvalue weighted by Gasteiger charge is 2.04. The van der Waals surface area contributed by atoms with Crippen molar-refractivity contribution in [3.63, 3.8) is 0 Å². The summed E-state index contributed by atoms with van der Waals surface area (Å²) in [6.45, 7) is 0.442. The molecule has 5 heteroatoms. The van der Waals surface area contributed by atoms with E-state index in [0.29, 0.717) is 18.0 Å². The molecule has 0 bridgehead atoms. The van der Waals surface area contributed by atoms with Crippen LogP contribution in [-0.2, 0) is 6.54 Å². The summed E-state index contributed by atoms with van der Waals surface area (Å²) in [5, 5.41) is 2.94. The van der Waals surface area contributed by atoms with Crippen LogP contribution in [0.25, 0.3) is 0 Å². The van der Waals surface area contributed by atoms with Crippen LogP contribution in [0.3, 0.4) is 0 Å². The molecule has 0 unspecified atom stereocenters. The van der Waals surface area contributed by atoms with E-state index in [1.165, 1.54) is 6.07 Å². The number of hydrogen-bond acceptors (Lipinski definition) is 3. The molecular weight excluding hydrogens is 209 g/mol. The number of aromatic amines is 1. The zero-order valence-corrected chi connectivity index (χ0v) is 8.83. The van der Waals surface area contributed by atoms with Crippen molar-refractivity contribution in [3.8, 4) is 5.75 Å². The third-order valence-corrected chi connectivity index (χ3v) is 2.17. The second-order valence-electron chi connectivity index (χ2n) is 3.24. The lowest BCUT2D eigenvalue weighted by molar-refractivity contribution is 0.414. The maximum Gasteiger partial charge on any atom is 0.146 e. The van der Waals surface area contributed by atoms with Gasteiger partial charge in [-0.25, -0.2) is 9.37 Å². The van der Waals surface area contributed by atoms with Crippen LogP contribution < -0.4 is 10.1 Å². The molecule has 2 N–H and O–H groups in total. The molecule has 0 aliphatic heterocycles. The summed E-state index contributed by atoms with van der Waals surface area (Å²) in [4.78, 5) is 6.96. The third kappa shape index (κ3) is 2.31. The minimum Gasteiger partial charge on any atom is -0.497 e. The summed E-state index contributed by atoms with van der Waals surface area (Å²) in [7, 11) is 1.55. The van der Waals surface area contributed by atoms with E-state index < -0.39 is 0 Å². The van der Waals surface area contributed by atoms with Crippen molar-refractivity contribution in [1.82, 2.24) is 9.97 Å². The highest BCUT2D eigenvalue weighted by atomic mass is 19.1. The van der Waals surface area contributed by atoms with Gasteiger partial charge in [0, 0.05) is 18.5 Å². The molecule has 1 aromatic heterocycles. The Kier molecular flexibility index (Phi) is 3.05. The Balaban J connectivity index is 2.08. The first-order valence-corrected chi connectivity index (χ1v) is 4.85. The Morgan fingerprint density at radius 3 is 3.06 bits per heavy atom. The summed E-state index contributed by atoms with van der Waals surface area (Å²) in [6, 6.07) is 4.55. The van der Waals surface area contributed by atoms with E-state index in [9.17, 15) is 4.39 Å². The van der Waals surface area contributed by atoms with Crippen molar-refractivity contribution >= 4 is 5.69 Å².